The summed E-state index contributed by atoms with van der Waals surface area (Å²) in [4.78, 5) is 16.2. The summed E-state index contributed by atoms with van der Waals surface area (Å²) in [6, 6.07) is 5.49. The zero-order valence-corrected chi connectivity index (χ0v) is 19.7. The molecule has 10 heteroatoms. The first-order valence-electron chi connectivity index (χ1n) is 10.3. The number of thiophene rings is 1. The van der Waals surface area contributed by atoms with Gasteiger partial charge in [0.2, 0.25) is 11.7 Å². The molecule has 0 aliphatic heterocycles. The van der Waals surface area contributed by atoms with E-state index in [-0.39, 0.29) is 0 Å². The standard InChI is InChI=1S/C22H23N5O3S2/c1-11-4-6-13-16(8-11)32-21-18(13)19(23)25-22(26-21)31-10-17-24-20(27-30-17)12-5-7-14(28-2)15(9-12)29-3/h5,7,9,11H,4,6,8,10H2,1-3H3,(H2,23,25,26). The van der Waals surface area contributed by atoms with Crippen LogP contribution in [-0.4, -0.2) is 34.3 Å². The van der Waals surface area contributed by atoms with Crippen LogP contribution in [0.5, 0.6) is 11.5 Å². The van der Waals surface area contributed by atoms with E-state index in [1.807, 2.05) is 18.2 Å². The van der Waals surface area contributed by atoms with Crippen LogP contribution >= 0.6 is 23.1 Å². The molecule has 32 heavy (non-hydrogen) atoms. The molecule has 0 radical (unpaired) electrons. The van der Waals surface area contributed by atoms with Crippen LogP contribution < -0.4 is 15.2 Å². The Bertz CT molecular complexity index is 1290. The Morgan fingerprint density at radius 2 is 2.03 bits per heavy atom. The number of aromatic nitrogens is 4. The summed E-state index contributed by atoms with van der Waals surface area (Å²) in [5, 5.41) is 5.74. The highest BCUT2D eigenvalue weighted by Crippen LogP contribution is 2.40. The number of ether oxygens (including phenoxy) is 2. The molecule has 1 aromatic carbocycles. The number of methoxy groups -OCH3 is 2. The van der Waals surface area contributed by atoms with E-state index < -0.39 is 0 Å². The van der Waals surface area contributed by atoms with E-state index in [2.05, 4.69) is 22.0 Å². The minimum absolute atomic E-state index is 0.452. The number of nitrogens with zero attached hydrogens (tertiary/aromatic N) is 4. The van der Waals surface area contributed by atoms with Crippen LogP contribution in [0.2, 0.25) is 0 Å². The highest BCUT2D eigenvalue weighted by atomic mass is 32.2. The maximum atomic E-state index is 6.33. The molecule has 1 unspecified atom stereocenters. The molecule has 4 aromatic rings. The third-order valence-corrected chi connectivity index (χ3v) is 7.58. The Hall–Kier alpha value is -2.85. The molecule has 1 aliphatic carbocycles. The quantitative estimate of drug-likeness (QED) is 0.316. The molecule has 0 bridgehead atoms. The highest BCUT2D eigenvalue weighted by molar-refractivity contribution is 7.98. The zero-order chi connectivity index (χ0) is 22.2. The first-order chi connectivity index (χ1) is 15.6. The predicted octanol–water partition coefficient (Wildman–Crippen LogP) is 4.76. The lowest BCUT2D eigenvalue weighted by Crippen LogP contribution is -2.09. The van der Waals surface area contributed by atoms with Gasteiger partial charge in [-0.15, -0.1) is 11.3 Å². The summed E-state index contributed by atoms with van der Waals surface area (Å²) in [6.07, 6.45) is 3.34. The molecule has 3 heterocycles. The van der Waals surface area contributed by atoms with E-state index in [0.717, 1.165) is 28.6 Å². The van der Waals surface area contributed by atoms with Gasteiger partial charge >= 0.3 is 0 Å². The van der Waals surface area contributed by atoms with Gasteiger partial charge < -0.3 is 19.7 Å². The second-order valence-corrected chi connectivity index (χ2v) is 9.82. The normalized spacial score (nSPS) is 15.7. The van der Waals surface area contributed by atoms with Gasteiger partial charge in [0.1, 0.15) is 10.6 Å². The maximum Gasteiger partial charge on any atom is 0.237 e. The summed E-state index contributed by atoms with van der Waals surface area (Å²) in [5.41, 5.74) is 8.45. The molecule has 0 saturated carbocycles. The summed E-state index contributed by atoms with van der Waals surface area (Å²) < 4.78 is 16.1. The van der Waals surface area contributed by atoms with Crippen molar-refractivity contribution in [2.75, 3.05) is 20.0 Å². The highest BCUT2D eigenvalue weighted by Gasteiger charge is 2.23. The van der Waals surface area contributed by atoms with E-state index in [1.54, 1.807) is 25.6 Å². The Morgan fingerprint density at radius 3 is 2.84 bits per heavy atom. The van der Waals surface area contributed by atoms with Gasteiger partial charge in [-0.1, -0.05) is 23.8 Å². The van der Waals surface area contributed by atoms with E-state index in [4.69, 9.17) is 24.7 Å². The van der Waals surface area contributed by atoms with Crippen LogP contribution in [0.4, 0.5) is 5.82 Å². The van der Waals surface area contributed by atoms with Gasteiger partial charge in [-0.2, -0.15) is 4.98 Å². The molecule has 0 fully saturated rings. The molecule has 1 atom stereocenters. The van der Waals surface area contributed by atoms with Crippen LogP contribution in [0.15, 0.2) is 27.9 Å². The third kappa shape index (κ3) is 3.88. The van der Waals surface area contributed by atoms with Gasteiger partial charge in [-0.3, -0.25) is 0 Å². The average molecular weight is 470 g/mol. The van der Waals surface area contributed by atoms with E-state index in [0.29, 0.717) is 45.9 Å². The molecule has 5 rings (SSSR count). The first kappa shape index (κ1) is 21.0. The van der Waals surface area contributed by atoms with Crippen molar-refractivity contribution in [1.82, 2.24) is 20.1 Å². The summed E-state index contributed by atoms with van der Waals surface area (Å²) in [5.74, 6) is 3.94. The fraction of sp³-hybridized carbons (Fsp3) is 0.364. The van der Waals surface area contributed by atoms with Crippen molar-refractivity contribution < 1.29 is 14.0 Å². The molecular formula is C22H23N5O3S2. The van der Waals surface area contributed by atoms with E-state index in [9.17, 15) is 0 Å². The van der Waals surface area contributed by atoms with Crippen LogP contribution in [0.25, 0.3) is 21.6 Å². The van der Waals surface area contributed by atoms with Crippen molar-refractivity contribution in [3.05, 3.63) is 34.5 Å². The summed E-state index contributed by atoms with van der Waals surface area (Å²) in [7, 11) is 3.19. The third-order valence-electron chi connectivity index (χ3n) is 5.60. The Labute approximate surface area is 193 Å². The van der Waals surface area contributed by atoms with Gasteiger partial charge in [0.15, 0.2) is 16.7 Å². The number of benzene rings is 1. The zero-order valence-electron chi connectivity index (χ0n) is 18.0. The number of hydrogen-bond acceptors (Lipinski definition) is 10. The number of hydrogen-bond donors (Lipinski definition) is 1. The van der Waals surface area contributed by atoms with E-state index in [1.165, 1.54) is 28.6 Å². The van der Waals surface area contributed by atoms with Crippen LogP contribution in [0, 0.1) is 5.92 Å². The summed E-state index contributed by atoms with van der Waals surface area (Å²) >= 11 is 3.18. The van der Waals surface area contributed by atoms with Crippen molar-refractivity contribution >= 4 is 39.1 Å². The van der Waals surface area contributed by atoms with Crippen molar-refractivity contribution in [3.8, 4) is 22.9 Å². The first-order valence-corrected chi connectivity index (χ1v) is 12.1. The number of anilines is 1. The SMILES string of the molecule is COc1ccc(-c2noc(CSc3nc(N)c4c5c(sc4n3)CC(C)CC5)n2)cc1OC. The molecule has 0 amide bonds. The second kappa shape index (κ2) is 8.59. The largest absolute Gasteiger partial charge is 0.493 e. The van der Waals surface area contributed by atoms with Gasteiger partial charge in [0, 0.05) is 10.4 Å². The van der Waals surface area contributed by atoms with Gasteiger partial charge in [0.25, 0.3) is 0 Å². The lowest BCUT2D eigenvalue weighted by molar-refractivity contribution is 0.355. The smallest absolute Gasteiger partial charge is 0.237 e. The van der Waals surface area contributed by atoms with Crippen molar-refractivity contribution in [3.63, 3.8) is 0 Å². The molecule has 3 aromatic heterocycles. The monoisotopic (exact) mass is 469 g/mol. The van der Waals surface area contributed by atoms with Crippen LogP contribution in [0.3, 0.4) is 0 Å². The van der Waals surface area contributed by atoms with Crippen molar-refractivity contribution in [2.45, 2.75) is 37.1 Å². The fourth-order valence-corrected chi connectivity index (χ4v) is 6.08. The minimum Gasteiger partial charge on any atom is -0.493 e. The Morgan fingerprint density at radius 1 is 1.19 bits per heavy atom. The Kier molecular flexibility index (Phi) is 5.64. The topological polar surface area (TPSA) is 109 Å². The van der Waals surface area contributed by atoms with Gasteiger partial charge in [-0.05, 0) is 48.9 Å². The van der Waals surface area contributed by atoms with Crippen molar-refractivity contribution in [1.29, 1.82) is 0 Å². The number of aryl methyl sites for hydroxylation is 1. The minimum atomic E-state index is 0.452. The second-order valence-electron chi connectivity index (χ2n) is 7.79. The molecule has 1 aliphatic rings. The lowest BCUT2D eigenvalue weighted by atomic mass is 9.89. The Balaban J connectivity index is 1.34. The number of nitrogens with two attached hydrogens (primary N) is 1. The van der Waals surface area contributed by atoms with Gasteiger partial charge in [-0.25, -0.2) is 9.97 Å². The number of rotatable bonds is 6. The summed E-state index contributed by atoms with van der Waals surface area (Å²) in [6.45, 7) is 2.30. The van der Waals surface area contributed by atoms with Gasteiger partial charge in [0.05, 0.1) is 25.4 Å². The van der Waals surface area contributed by atoms with Crippen LogP contribution in [0.1, 0.15) is 29.7 Å². The molecule has 0 saturated heterocycles. The molecule has 166 valence electrons. The lowest BCUT2D eigenvalue weighted by Gasteiger charge is -2.17. The van der Waals surface area contributed by atoms with E-state index >= 15 is 0 Å². The average Bonchev–Trinajstić information content (AvgIpc) is 3.41. The number of nitrogen functional groups attached to an aromatic ring is 1. The fourth-order valence-electron chi connectivity index (χ4n) is 3.95. The van der Waals surface area contributed by atoms with Crippen molar-refractivity contribution in [2.24, 2.45) is 5.92 Å². The number of fused-ring (bicyclic) bond motifs is 3. The maximum absolute atomic E-state index is 6.33. The molecular weight excluding hydrogens is 446 g/mol. The number of thioether (sulfide) groups is 1. The molecule has 2 N–H and O–H groups in total. The predicted molar refractivity (Wildman–Crippen MR) is 125 cm³/mol. The van der Waals surface area contributed by atoms with Crippen LogP contribution in [-0.2, 0) is 18.6 Å². The molecule has 0 spiro atoms. The molecule has 8 nitrogen and oxygen atoms in total.